The van der Waals surface area contributed by atoms with Gasteiger partial charge >= 0.3 is 0 Å². The monoisotopic (exact) mass is 404 g/mol. The standard InChI is InChI=1S/C23H36N2O4/c1-4-6-19(26)15-20-16-21-18(7-8-22(27-3)23(21)29-20)17-24(5-2)9-10-25-11-13-28-14-12-25/h4,6-8,19-20,26H,5,9-17H2,1-3H3/b6-4-/t19-,20?/m0/s1. The topological polar surface area (TPSA) is 54.4 Å². The van der Waals surface area contributed by atoms with Crippen LogP contribution in [0, 0.1) is 0 Å². The van der Waals surface area contributed by atoms with Gasteiger partial charge in [0.2, 0.25) is 0 Å². The van der Waals surface area contributed by atoms with Gasteiger partial charge in [0.25, 0.3) is 0 Å². The Balaban J connectivity index is 1.66. The predicted molar refractivity (Wildman–Crippen MR) is 115 cm³/mol. The lowest BCUT2D eigenvalue weighted by molar-refractivity contribution is 0.0332. The van der Waals surface area contributed by atoms with Gasteiger partial charge in [-0.3, -0.25) is 9.80 Å². The maximum absolute atomic E-state index is 10.1. The van der Waals surface area contributed by atoms with Crippen LogP contribution in [0.5, 0.6) is 11.5 Å². The van der Waals surface area contributed by atoms with Gasteiger partial charge in [-0.15, -0.1) is 0 Å². The fourth-order valence-corrected chi connectivity index (χ4v) is 4.14. The van der Waals surface area contributed by atoms with Gasteiger partial charge in [0.1, 0.15) is 6.10 Å². The lowest BCUT2D eigenvalue weighted by atomic mass is 9.99. The Hall–Kier alpha value is -1.60. The van der Waals surface area contributed by atoms with E-state index in [-0.39, 0.29) is 6.10 Å². The summed E-state index contributed by atoms with van der Waals surface area (Å²) in [5.41, 5.74) is 2.53. The van der Waals surface area contributed by atoms with Crippen molar-refractivity contribution < 1.29 is 19.3 Å². The Morgan fingerprint density at radius 2 is 2.14 bits per heavy atom. The first-order valence-corrected chi connectivity index (χ1v) is 10.8. The maximum Gasteiger partial charge on any atom is 0.165 e. The minimum absolute atomic E-state index is 0.0188. The van der Waals surface area contributed by atoms with Gasteiger partial charge in [-0.1, -0.05) is 25.1 Å². The van der Waals surface area contributed by atoms with Gasteiger partial charge in [-0.2, -0.15) is 0 Å². The first-order chi connectivity index (χ1) is 14.1. The molecule has 2 atom stereocenters. The van der Waals surface area contributed by atoms with Crippen LogP contribution in [0.25, 0.3) is 0 Å². The summed E-state index contributed by atoms with van der Waals surface area (Å²) in [4.78, 5) is 4.96. The summed E-state index contributed by atoms with van der Waals surface area (Å²) in [6.07, 6.45) is 4.61. The van der Waals surface area contributed by atoms with Crippen LogP contribution in [0.2, 0.25) is 0 Å². The third kappa shape index (κ3) is 5.95. The van der Waals surface area contributed by atoms with E-state index in [0.717, 1.165) is 70.4 Å². The SMILES string of the molecule is C/C=C\[C@H](O)CC1Cc2c(CN(CC)CCN3CCOCC3)ccc(OC)c2O1. The number of aliphatic hydroxyl groups excluding tert-OH is 1. The smallest absolute Gasteiger partial charge is 0.165 e. The van der Waals surface area contributed by atoms with Crippen molar-refractivity contribution in [2.75, 3.05) is 53.0 Å². The van der Waals surface area contributed by atoms with E-state index in [1.54, 1.807) is 7.11 Å². The minimum atomic E-state index is -0.477. The van der Waals surface area contributed by atoms with Crippen molar-refractivity contribution in [2.45, 2.75) is 45.4 Å². The zero-order valence-electron chi connectivity index (χ0n) is 18.1. The van der Waals surface area contributed by atoms with Crippen LogP contribution in [0.1, 0.15) is 31.4 Å². The molecule has 1 saturated heterocycles. The predicted octanol–water partition coefficient (Wildman–Crippen LogP) is 2.48. The van der Waals surface area contributed by atoms with E-state index in [2.05, 4.69) is 22.8 Å². The molecule has 0 saturated carbocycles. The Bertz CT molecular complexity index is 673. The van der Waals surface area contributed by atoms with Gasteiger partial charge in [0.15, 0.2) is 11.5 Å². The number of hydrogen-bond acceptors (Lipinski definition) is 6. The molecule has 29 heavy (non-hydrogen) atoms. The zero-order chi connectivity index (χ0) is 20.6. The van der Waals surface area contributed by atoms with Gasteiger partial charge in [-0.05, 0) is 25.1 Å². The molecule has 2 aliphatic heterocycles. The molecule has 0 spiro atoms. The first-order valence-electron chi connectivity index (χ1n) is 10.8. The number of benzene rings is 1. The molecular formula is C23H36N2O4. The minimum Gasteiger partial charge on any atom is -0.493 e. The molecule has 2 heterocycles. The van der Waals surface area contributed by atoms with Crippen LogP contribution in [-0.4, -0.2) is 80.2 Å². The molecule has 0 bridgehead atoms. The lowest BCUT2D eigenvalue weighted by Gasteiger charge is -2.29. The lowest BCUT2D eigenvalue weighted by Crippen LogP contribution is -2.41. The quantitative estimate of drug-likeness (QED) is 0.605. The molecule has 0 aromatic heterocycles. The molecule has 6 nitrogen and oxygen atoms in total. The molecule has 1 aromatic carbocycles. The number of likely N-dealkylation sites (N-methyl/N-ethyl adjacent to an activating group) is 1. The number of ether oxygens (including phenoxy) is 3. The molecule has 0 aliphatic carbocycles. The average Bonchev–Trinajstić information content (AvgIpc) is 3.15. The van der Waals surface area contributed by atoms with E-state index in [0.29, 0.717) is 6.42 Å². The van der Waals surface area contributed by atoms with E-state index in [1.165, 1.54) is 11.1 Å². The van der Waals surface area contributed by atoms with Crippen molar-refractivity contribution in [3.05, 3.63) is 35.4 Å². The summed E-state index contributed by atoms with van der Waals surface area (Å²) in [6.45, 7) is 11.9. The van der Waals surface area contributed by atoms with Crippen molar-refractivity contribution in [1.29, 1.82) is 0 Å². The van der Waals surface area contributed by atoms with Crippen LogP contribution >= 0.6 is 0 Å². The van der Waals surface area contributed by atoms with E-state index in [1.807, 2.05) is 25.1 Å². The van der Waals surface area contributed by atoms with Crippen LogP contribution in [0.15, 0.2) is 24.3 Å². The highest BCUT2D eigenvalue weighted by Gasteiger charge is 2.30. The molecule has 1 fully saturated rings. The van der Waals surface area contributed by atoms with Crippen molar-refractivity contribution in [3.8, 4) is 11.5 Å². The molecule has 6 heteroatoms. The molecule has 2 aliphatic rings. The summed E-state index contributed by atoms with van der Waals surface area (Å²) in [6, 6.07) is 4.18. The van der Waals surface area contributed by atoms with Crippen molar-refractivity contribution in [1.82, 2.24) is 9.80 Å². The Labute approximate surface area is 175 Å². The largest absolute Gasteiger partial charge is 0.493 e. The van der Waals surface area contributed by atoms with E-state index < -0.39 is 6.10 Å². The maximum atomic E-state index is 10.1. The van der Waals surface area contributed by atoms with Gasteiger partial charge < -0.3 is 19.3 Å². The summed E-state index contributed by atoms with van der Waals surface area (Å²) in [7, 11) is 1.68. The molecule has 0 amide bonds. The molecule has 1 aromatic rings. The Morgan fingerprint density at radius 3 is 2.83 bits per heavy atom. The summed E-state index contributed by atoms with van der Waals surface area (Å²) in [5.74, 6) is 1.63. The van der Waals surface area contributed by atoms with Crippen LogP contribution in [0.4, 0.5) is 0 Å². The highest BCUT2D eigenvalue weighted by Crippen LogP contribution is 2.41. The highest BCUT2D eigenvalue weighted by atomic mass is 16.5. The number of fused-ring (bicyclic) bond motifs is 1. The fourth-order valence-electron chi connectivity index (χ4n) is 4.14. The summed E-state index contributed by atoms with van der Waals surface area (Å²) < 4.78 is 17.2. The number of rotatable bonds is 10. The molecular weight excluding hydrogens is 368 g/mol. The van der Waals surface area contributed by atoms with Gasteiger partial charge in [-0.25, -0.2) is 0 Å². The Morgan fingerprint density at radius 1 is 1.34 bits per heavy atom. The summed E-state index contributed by atoms with van der Waals surface area (Å²) in [5, 5.41) is 10.1. The van der Waals surface area contributed by atoms with Gasteiger partial charge in [0, 0.05) is 51.1 Å². The zero-order valence-corrected chi connectivity index (χ0v) is 18.1. The van der Waals surface area contributed by atoms with Crippen molar-refractivity contribution in [2.24, 2.45) is 0 Å². The number of morpholine rings is 1. The number of nitrogens with zero attached hydrogens (tertiary/aromatic N) is 2. The second kappa shape index (κ2) is 11.0. The third-order valence-electron chi connectivity index (χ3n) is 5.85. The fraction of sp³-hybridized carbons (Fsp3) is 0.652. The van der Waals surface area contributed by atoms with Gasteiger partial charge in [0.05, 0.1) is 26.4 Å². The average molecular weight is 405 g/mol. The van der Waals surface area contributed by atoms with Crippen LogP contribution in [-0.2, 0) is 17.7 Å². The third-order valence-corrected chi connectivity index (χ3v) is 5.85. The van der Waals surface area contributed by atoms with E-state index in [9.17, 15) is 5.11 Å². The molecule has 1 unspecified atom stereocenters. The second-order valence-electron chi connectivity index (χ2n) is 7.83. The second-order valence-corrected chi connectivity index (χ2v) is 7.83. The van der Waals surface area contributed by atoms with Crippen molar-refractivity contribution >= 4 is 0 Å². The summed E-state index contributed by atoms with van der Waals surface area (Å²) >= 11 is 0. The Kier molecular flexibility index (Phi) is 8.36. The number of aliphatic hydroxyl groups is 1. The molecule has 1 N–H and O–H groups in total. The number of methoxy groups -OCH3 is 1. The molecule has 3 rings (SSSR count). The highest BCUT2D eigenvalue weighted by molar-refractivity contribution is 5.53. The number of allylic oxidation sites excluding steroid dienone is 1. The normalized spacial score (nSPS) is 20.8. The van der Waals surface area contributed by atoms with Crippen LogP contribution < -0.4 is 9.47 Å². The molecule has 0 radical (unpaired) electrons. The molecule has 162 valence electrons. The van der Waals surface area contributed by atoms with E-state index >= 15 is 0 Å². The van der Waals surface area contributed by atoms with Crippen LogP contribution in [0.3, 0.4) is 0 Å². The van der Waals surface area contributed by atoms with E-state index in [4.69, 9.17) is 14.2 Å². The van der Waals surface area contributed by atoms with Crippen molar-refractivity contribution in [3.63, 3.8) is 0 Å². The first kappa shape index (κ1) is 22.1. The number of hydrogen-bond donors (Lipinski definition) is 1.